The van der Waals surface area contributed by atoms with Crippen molar-refractivity contribution in [1.82, 2.24) is 4.98 Å². The summed E-state index contributed by atoms with van der Waals surface area (Å²) in [5, 5.41) is 1.01. The zero-order valence-electron chi connectivity index (χ0n) is 15.8. The lowest BCUT2D eigenvalue weighted by Gasteiger charge is -2.12. The molecule has 0 N–H and O–H groups in total. The van der Waals surface area contributed by atoms with Crippen LogP contribution in [0.4, 0.5) is 5.69 Å². The molecule has 4 heteroatoms. The van der Waals surface area contributed by atoms with Gasteiger partial charge in [0.2, 0.25) is 0 Å². The Morgan fingerprint density at radius 1 is 0.929 bits per heavy atom. The molecular formula is C24H20N2OS. The normalized spacial score (nSPS) is 11.6. The van der Waals surface area contributed by atoms with Crippen LogP contribution in [-0.4, -0.2) is 25.4 Å². The topological polar surface area (TPSA) is 33.2 Å². The van der Waals surface area contributed by atoms with Gasteiger partial charge in [-0.25, -0.2) is 4.98 Å². The van der Waals surface area contributed by atoms with Gasteiger partial charge in [-0.1, -0.05) is 48.5 Å². The van der Waals surface area contributed by atoms with E-state index in [0.29, 0.717) is 5.57 Å². The second kappa shape index (κ2) is 7.79. The predicted octanol–water partition coefficient (Wildman–Crippen LogP) is 5.77. The van der Waals surface area contributed by atoms with E-state index in [1.165, 1.54) is 4.70 Å². The Morgan fingerprint density at radius 2 is 1.64 bits per heavy atom. The lowest BCUT2D eigenvalue weighted by Crippen LogP contribution is -2.08. The van der Waals surface area contributed by atoms with Crippen molar-refractivity contribution in [2.75, 3.05) is 19.0 Å². The van der Waals surface area contributed by atoms with Crippen LogP contribution >= 0.6 is 11.3 Å². The first-order chi connectivity index (χ1) is 13.6. The Hall–Kier alpha value is -3.24. The van der Waals surface area contributed by atoms with E-state index in [1.807, 2.05) is 79.7 Å². The largest absolute Gasteiger partial charge is 0.378 e. The molecule has 0 aliphatic carbocycles. The van der Waals surface area contributed by atoms with E-state index in [0.717, 1.165) is 39.2 Å². The number of aldehydes is 1. The fourth-order valence-corrected chi connectivity index (χ4v) is 4.01. The number of hydrogen-bond acceptors (Lipinski definition) is 4. The average molecular weight is 385 g/mol. The molecule has 0 aliphatic heterocycles. The highest BCUT2D eigenvalue weighted by molar-refractivity contribution is 7.21. The molecule has 0 fully saturated rings. The van der Waals surface area contributed by atoms with Crippen molar-refractivity contribution < 1.29 is 4.79 Å². The Morgan fingerprint density at radius 3 is 2.29 bits per heavy atom. The van der Waals surface area contributed by atoms with Gasteiger partial charge in [-0.3, -0.25) is 4.79 Å². The molecule has 0 radical (unpaired) electrons. The Balaban J connectivity index is 1.60. The van der Waals surface area contributed by atoms with E-state index in [1.54, 1.807) is 11.3 Å². The van der Waals surface area contributed by atoms with Gasteiger partial charge in [0.1, 0.15) is 5.01 Å². The lowest BCUT2D eigenvalue weighted by atomic mass is 10.0. The monoisotopic (exact) mass is 384 g/mol. The summed E-state index contributed by atoms with van der Waals surface area (Å²) >= 11 is 1.69. The number of para-hydroxylation sites is 1. The van der Waals surface area contributed by atoms with Crippen LogP contribution in [-0.2, 0) is 4.79 Å². The van der Waals surface area contributed by atoms with Crippen LogP contribution in [0.3, 0.4) is 0 Å². The maximum atomic E-state index is 11.6. The van der Waals surface area contributed by atoms with Crippen molar-refractivity contribution in [1.29, 1.82) is 0 Å². The summed E-state index contributed by atoms with van der Waals surface area (Å²) in [5.74, 6) is 0. The van der Waals surface area contributed by atoms with Crippen molar-refractivity contribution in [2.45, 2.75) is 0 Å². The number of carbonyl (C=O) groups is 1. The van der Waals surface area contributed by atoms with Crippen LogP contribution < -0.4 is 4.90 Å². The van der Waals surface area contributed by atoms with Crippen LogP contribution in [0.25, 0.3) is 32.4 Å². The molecule has 0 saturated carbocycles. The van der Waals surface area contributed by atoms with Gasteiger partial charge in [-0.05, 0) is 41.5 Å². The maximum absolute atomic E-state index is 11.6. The minimum atomic E-state index is 0.665. The third-order valence-corrected chi connectivity index (χ3v) is 5.70. The van der Waals surface area contributed by atoms with Gasteiger partial charge in [-0.15, -0.1) is 11.3 Å². The summed E-state index contributed by atoms with van der Waals surface area (Å²) < 4.78 is 1.19. The van der Waals surface area contributed by atoms with Crippen molar-refractivity contribution in [3.05, 3.63) is 83.9 Å². The van der Waals surface area contributed by atoms with Crippen LogP contribution in [0, 0.1) is 0 Å². The van der Waals surface area contributed by atoms with Gasteiger partial charge < -0.3 is 4.90 Å². The molecule has 0 atom stereocenters. The van der Waals surface area contributed by atoms with Crippen molar-refractivity contribution in [3.63, 3.8) is 0 Å². The van der Waals surface area contributed by atoms with Crippen molar-refractivity contribution in [2.24, 2.45) is 0 Å². The molecule has 3 nitrogen and oxygen atoms in total. The van der Waals surface area contributed by atoms with E-state index < -0.39 is 0 Å². The first-order valence-electron chi connectivity index (χ1n) is 9.05. The highest BCUT2D eigenvalue weighted by Gasteiger charge is 2.06. The van der Waals surface area contributed by atoms with Crippen LogP contribution in [0.1, 0.15) is 11.1 Å². The van der Waals surface area contributed by atoms with E-state index in [4.69, 9.17) is 4.98 Å². The van der Waals surface area contributed by atoms with Gasteiger partial charge in [0.15, 0.2) is 6.29 Å². The third kappa shape index (κ3) is 3.73. The average Bonchev–Trinajstić information content (AvgIpc) is 3.17. The molecule has 3 aromatic carbocycles. The van der Waals surface area contributed by atoms with Crippen molar-refractivity contribution in [3.8, 4) is 10.6 Å². The zero-order chi connectivity index (χ0) is 19.5. The summed E-state index contributed by atoms with van der Waals surface area (Å²) in [6.45, 7) is 0. The Bertz CT molecular complexity index is 1110. The fourth-order valence-electron chi connectivity index (χ4n) is 3.03. The van der Waals surface area contributed by atoms with E-state index in [2.05, 4.69) is 18.2 Å². The summed E-state index contributed by atoms with van der Waals surface area (Å²) in [6.07, 6.45) is 2.83. The molecule has 0 aliphatic rings. The minimum Gasteiger partial charge on any atom is -0.378 e. The second-order valence-electron chi connectivity index (χ2n) is 6.77. The highest BCUT2D eigenvalue weighted by Crippen LogP contribution is 2.30. The predicted molar refractivity (Wildman–Crippen MR) is 120 cm³/mol. The zero-order valence-corrected chi connectivity index (χ0v) is 16.6. The summed E-state index contributed by atoms with van der Waals surface area (Å²) in [7, 11) is 4.00. The minimum absolute atomic E-state index is 0.665. The highest BCUT2D eigenvalue weighted by atomic mass is 32.1. The Labute approximate surface area is 168 Å². The first-order valence-corrected chi connectivity index (χ1v) is 9.86. The van der Waals surface area contributed by atoms with E-state index in [-0.39, 0.29) is 0 Å². The van der Waals surface area contributed by atoms with E-state index >= 15 is 0 Å². The number of carbonyl (C=O) groups excluding carboxylic acids is 1. The molecule has 4 rings (SSSR count). The summed E-state index contributed by atoms with van der Waals surface area (Å²) in [4.78, 5) is 18.4. The van der Waals surface area contributed by atoms with Gasteiger partial charge in [0.05, 0.1) is 10.2 Å². The molecule has 0 bridgehead atoms. The maximum Gasteiger partial charge on any atom is 0.150 e. The molecule has 0 saturated heterocycles. The molecule has 28 heavy (non-hydrogen) atoms. The van der Waals surface area contributed by atoms with E-state index in [9.17, 15) is 4.79 Å². The molecule has 0 unspecified atom stereocenters. The molecule has 1 heterocycles. The molecule has 138 valence electrons. The first kappa shape index (κ1) is 18.1. The number of anilines is 1. The number of aromatic nitrogens is 1. The lowest BCUT2D eigenvalue weighted by molar-refractivity contribution is -0.103. The van der Waals surface area contributed by atoms with Crippen LogP contribution in [0.15, 0.2) is 72.8 Å². The number of benzene rings is 3. The number of fused-ring (bicyclic) bond motifs is 1. The number of nitrogens with zero attached hydrogens (tertiary/aromatic N) is 2. The van der Waals surface area contributed by atoms with Crippen molar-refractivity contribution >= 4 is 45.2 Å². The van der Waals surface area contributed by atoms with Crippen LogP contribution in [0.5, 0.6) is 0 Å². The smallest absolute Gasteiger partial charge is 0.150 e. The number of hydrogen-bond donors (Lipinski definition) is 0. The molecular weight excluding hydrogens is 364 g/mol. The van der Waals surface area contributed by atoms with Gasteiger partial charge >= 0.3 is 0 Å². The summed E-state index contributed by atoms with van der Waals surface area (Å²) in [5.41, 5.74) is 5.78. The molecule has 4 aromatic rings. The molecule has 1 aromatic heterocycles. The second-order valence-corrected chi connectivity index (χ2v) is 7.80. The number of rotatable bonds is 5. The van der Waals surface area contributed by atoms with Crippen LogP contribution in [0.2, 0.25) is 0 Å². The fraction of sp³-hybridized carbons (Fsp3) is 0.0833. The SMILES string of the molecule is CN(C)c1ccc(/C(C=O)=C/c2ccc(-c3nc4ccccc4s3)cc2)cc1. The summed E-state index contributed by atoms with van der Waals surface area (Å²) in [6, 6.07) is 24.3. The van der Waals surface area contributed by atoms with Gasteiger partial charge in [0, 0.05) is 30.9 Å². The van der Waals surface area contributed by atoms with Gasteiger partial charge in [0.25, 0.3) is 0 Å². The van der Waals surface area contributed by atoms with Gasteiger partial charge in [-0.2, -0.15) is 0 Å². The standard InChI is InChI=1S/C24H20N2OS/c1-26(2)21-13-11-18(12-14-21)20(16-27)15-17-7-9-19(10-8-17)24-25-22-5-3-4-6-23(22)28-24/h3-16H,1-2H3/b20-15+. The quantitative estimate of drug-likeness (QED) is 0.249. The third-order valence-electron chi connectivity index (χ3n) is 4.62. The molecule has 0 amide bonds. The Kier molecular flexibility index (Phi) is 5.04. The number of thiazole rings is 1. The number of allylic oxidation sites excluding steroid dienone is 1. The molecule has 0 spiro atoms.